The van der Waals surface area contributed by atoms with Gasteiger partial charge < -0.3 is 4.74 Å². The van der Waals surface area contributed by atoms with E-state index in [1.165, 1.54) is 24.3 Å². The quantitative estimate of drug-likeness (QED) is 0.459. The highest BCUT2D eigenvalue weighted by Gasteiger charge is 2.20. The van der Waals surface area contributed by atoms with Crippen LogP contribution < -0.4 is 4.74 Å². The molecular weight excluding hydrogens is 297 g/mol. The van der Waals surface area contributed by atoms with Gasteiger partial charge in [-0.15, -0.1) is 11.6 Å². The first-order chi connectivity index (χ1) is 9.92. The van der Waals surface area contributed by atoms with Gasteiger partial charge in [0.1, 0.15) is 11.6 Å². The summed E-state index contributed by atoms with van der Waals surface area (Å²) in [6.45, 7) is 3.49. The third kappa shape index (κ3) is 3.31. The maximum Gasteiger partial charge on any atom is 0.312 e. The Labute approximate surface area is 126 Å². The molecule has 0 bridgehead atoms. The molecule has 0 aliphatic heterocycles. The molecule has 0 aliphatic carbocycles. The van der Waals surface area contributed by atoms with Crippen LogP contribution in [0.1, 0.15) is 16.7 Å². The number of nitro benzene ring substituents is 1. The zero-order valence-corrected chi connectivity index (χ0v) is 12.3. The molecule has 0 spiro atoms. The molecule has 110 valence electrons. The van der Waals surface area contributed by atoms with Crippen molar-refractivity contribution in [2.75, 3.05) is 0 Å². The molecule has 0 unspecified atom stereocenters. The normalized spacial score (nSPS) is 10.5. The Morgan fingerprint density at radius 2 is 2.00 bits per heavy atom. The van der Waals surface area contributed by atoms with Gasteiger partial charge in [-0.2, -0.15) is 0 Å². The number of hydrogen-bond donors (Lipinski definition) is 0. The Kier molecular flexibility index (Phi) is 4.43. The monoisotopic (exact) mass is 309 g/mol. The summed E-state index contributed by atoms with van der Waals surface area (Å²) < 4.78 is 18.8. The summed E-state index contributed by atoms with van der Waals surface area (Å²) in [6.07, 6.45) is 0. The zero-order chi connectivity index (χ0) is 15.6. The van der Waals surface area contributed by atoms with Crippen molar-refractivity contribution in [3.8, 4) is 11.5 Å². The minimum atomic E-state index is -0.501. The van der Waals surface area contributed by atoms with E-state index in [-0.39, 0.29) is 17.3 Å². The largest absolute Gasteiger partial charge is 0.450 e. The summed E-state index contributed by atoms with van der Waals surface area (Å²) in [5.41, 5.74) is 1.71. The van der Waals surface area contributed by atoms with Crippen LogP contribution in [-0.4, -0.2) is 4.92 Å². The second-order valence-electron chi connectivity index (χ2n) is 4.67. The molecule has 0 heterocycles. The predicted octanol–water partition coefficient (Wildman–Crippen LogP) is 4.88. The van der Waals surface area contributed by atoms with Crippen LogP contribution in [0.25, 0.3) is 0 Å². The molecule has 0 fully saturated rings. The molecule has 21 heavy (non-hydrogen) atoms. The van der Waals surface area contributed by atoms with Crippen molar-refractivity contribution in [3.63, 3.8) is 0 Å². The fraction of sp³-hybridized carbons (Fsp3) is 0.200. The van der Waals surface area contributed by atoms with Crippen LogP contribution in [-0.2, 0) is 5.88 Å². The molecule has 0 atom stereocenters. The van der Waals surface area contributed by atoms with Crippen molar-refractivity contribution in [1.29, 1.82) is 0 Å². The number of halogens is 2. The highest BCUT2D eigenvalue weighted by Crippen LogP contribution is 2.37. The number of benzene rings is 2. The van der Waals surface area contributed by atoms with Crippen molar-refractivity contribution in [1.82, 2.24) is 0 Å². The van der Waals surface area contributed by atoms with Gasteiger partial charge in [-0.3, -0.25) is 10.1 Å². The number of rotatable bonds is 4. The van der Waals surface area contributed by atoms with Crippen molar-refractivity contribution < 1.29 is 14.1 Å². The lowest BCUT2D eigenvalue weighted by Gasteiger charge is -2.12. The van der Waals surface area contributed by atoms with E-state index in [4.69, 9.17) is 16.3 Å². The van der Waals surface area contributed by atoms with E-state index < -0.39 is 10.7 Å². The van der Waals surface area contributed by atoms with Gasteiger partial charge in [0, 0.05) is 11.6 Å². The van der Waals surface area contributed by atoms with Gasteiger partial charge in [-0.05, 0) is 43.2 Å². The SMILES string of the molecule is Cc1cc(C)c(Oc2ccc(F)cc2CCl)c([N+](=O)[O-])c1. The van der Waals surface area contributed by atoms with E-state index in [2.05, 4.69) is 0 Å². The highest BCUT2D eigenvalue weighted by molar-refractivity contribution is 6.17. The van der Waals surface area contributed by atoms with E-state index in [0.717, 1.165) is 5.56 Å². The Hall–Kier alpha value is -2.14. The second-order valence-corrected chi connectivity index (χ2v) is 4.94. The summed E-state index contributed by atoms with van der Waals surface area (Å²) in [5, 5.41) is 11.2. The average molecular weight is 310 g/mol. The van der Waals surface area contributed by atoms with Crippen LogP contribution in [0.5, 0.6) is 11.5 Å². The number of alkyl halides is 1. The van der Waals surface area contributed by atoms with E-state index in [9.17, 15) is 14.5 Å². The molecule has 2 rings (SSSR count). The van der Waals surface area contributed by atoms with Gasteiger partial charge in [0.25, 0.3) is 0 Å². The third-order valence-corrected chi connectivity index (χ3v) is 3.26. The average Bonchev–Trinajstić information content (AvgIpc) is 2.42. The van der Waals surface area contributed by atoms with Crippen LogP contribution in [0, 0.1) is 29.8 Å². The maximum absolute atomic E-state index is 13.2. The molecule has 2 aromatic carbocycles. The van der Waals surface area contributed by atoms with Crippen molar-refractivity contribution in [2.24, 2.45) is 0 Å². The second kappa shape index (κ2) is 6.10. The molecule has 0 amide bonds. The van der Waals surface area contributed by atoms with Crippen LogP contribution in [0.15, 0.2) is 30.3 Å². The summed E-state index contributed by atoms with van der Waals surface area (Å²) in [6, 6.07) is 7.10. The van der Waals surface area contributed by atoms with E-state index >= 15 is 0 Å². The first kappa shape index (κ1) is 15.3. The van der Waals surface area contributed by atoms with Crippen LogP contribution in [0.2, 0.25) is 0 Å². The maximum atomic E-state index is 13.2. The Morgan fingerprint density at radius 1 is 1.29 bits per heavy atom. The van der Waals surface area contributed by atoms with E-state index in [0.29, 0.717) is 16.9 Å². The van der Waals surface area contributed by atoms with Gasteiger partial charge in [-0.25, -0.2) is 4.39 Å². The van der Waals surface area contributed by atoms with Crippen LogP contribution in [0.3, 0.4) is 0 Å². The summed E-state index contributed by atoms with van der Waals surface area (Å²) in [5.74, 6) is 0.0596. The number of ether oxygens (including phenoxy) is 1. The molecule has 4 nitrogen and oxygen atoms in total. The van der Waals surface area contributed by atoms with Gasteiger partial charge >= 0.3 is 5.69 Å². The molecule has 0 N–H and O–H groups in total. The van der Waals surface area contributed by atoms with E-state index in [1.54, 1.807) is 19.9 Å². The molecule has 0 radical (unpaired) electrons. The molecule has 6 heteroatoms. The number of aryl methyl sites for hydroxylation is 2. The third-order valence-electron chi connectivity index (χ3n) is 2.97. The Morgan fingerprint density at radius 3 is 2.62 bits per heavy atom. The van der Waals surface area contributed by atoms with Gasteiger partial charge in [-0.1, -0.05) is 6.07 Å². The Bertz CT molecular complexity index is 704. The predicted molar refractivity (Wildman–Crippen MR) is 78.6 cm³/mol. The first-order valence-corrected chi connectivity index (χ1v) is 6.73. The van der Waals surface area contributed by atoms with Crippen molar-refractivity contribution in [3.05, 3.63) is 63.0 Å². The zero-order valence-electron chi connectivity index (χ0n) is 11.5. The van der Waals surface area contributed by atoms with Crippen LogP contribution >= 0.6 is 11.6 Å². The minimum absolute atomic E-state index is 0.0474. The summed E-state index contributed by atoms with van der Waals surface area (Å²) >= 11 is 5.76. The van der Waals surface area contributed by atoms with Gasteiger partial charge in [0.15, 0.2) is 0 Å². The molecule has 0 saturated carbocycles. The number of hydrogen-bond acceptors (Lipinski definition) is 3. The van der Waals surface area contributed by atoms with E-state index in [1.807, 2.05) is 0 Å². The smallest absolute Gasteiger partial charge is 0.312 e. The number of nitrogens with zero attached hydrogens (tertiary/aromatic N) is 1. The standard InChI is InChI=1S/C15H13ClFNO3/c1-9-5-10(2)15(13(6-9)18(19)20)21-14-4-3-12(17)7-11(14)8-16/h3-7H,8H2,1-2H3. The lowest BCUT2D eigenvalue weighted by atomic mass is 10.1. The molecule has 0 saturated heterocycles. The highest BCUT2D eigenvalue weighted by atomic mass is 35.5. The fourth-order valence-corrected chi connectivity index (χ4v) is 2.27. The lowest BCUT2D eigenvalue weighted by molar-refractivity contribution is -0.385. The van der Waals surface area contributed by atoms with Gasteiger partial charge in [0.2, 0.25) is 5.75 Å². The topological polar surface area (TPSA) is 52.4 Å². The summed E-state index contributed by atoms with van der Waals surface area (Å²) in [7, 11) is 0. The van der Waals surface area contributed by atoms with Gasteiger partial charge in [0.05, 0.1) is 10.8 Å². The van der Waals surface area contributed by atoms with Crippen molar-refractivity contribution in [2.45, 2.75) is 19.7 Å². The minimum Gasteiger partial charge on any atom is -0.450 e. The lowest BCUT2D eigenvalue weighted by Crippen LogP contribution is -1.98. The summed E-state index contributed by atoms with van der Waals surface area (Å²) in [4.78, 5) is 10.7. The molecular formula is C15H13ClFNO3. The first-order valence-electron chi connectivity index (χ1n) is 6.20. The molecule has 0 aromatic heterocycles. The Balaban J connectivity index is 2.51. The molecule has 2 aromatic rings. The fourth-order valence-electron chi connectivity index (χ4n) is 2.06. The van der Waals surface area contributed by atoms with Crippen molar-refractivity contribution >= 4 is 17.3 Å². The van der Waals surface area contributed by atoms with Crippen LogP contribution in [0.4, 0.5) is 10.1 Å². The molecule has 0 aliphatic rings. The number of nitro groups is 1.